The van der Waals surface area contributed by atoms with Crippen LogP contribution in [0.15, 0.2) is 18.3 Å². The van der Waals surface area contributed by atoms with Crippen LogP contribution >= 0.6 is 0 Å². The number of morpholine rings is 1. The van der Waals surface area contributed by atoms with Crippen LogP contribution in [0, 0.1) is 0 Å². The Balaban J connectivity index is 1.80. The summed E-state index contributed by atoms with van der Waals surface area (Å²) in [5, 5.41) is 2.82. The summed E-state index contributed by atoms with van der Waals surface area (Å²) in [5.41, 5.74) is 1.36. The molecule has 3 heterocycles. The van der Waals surface area contributed by atoms with Gasteiger partial charge in [-0.15, -0.1) is 0 Å². The molecule has 0 aromatic carbocycles. The molecule has 2 aliphatic heterocycles. The van der Waals surface area contributed by atoms with Gasteiger partial charge in [-0.05, 0) is 25.5 Å². The molecule has 0 bridgehead atoms. The van der Waals surface area contributed by atoms with Crippen LogP contribution in [0.3, 0.4) is 0 Å². The van der Waals surface area contributed by atoms with Crippen LogP contribution in [0.1, 0.15) is 23.8 Å². The molecule has 2 saturated heterocycles. The topological polar surface area (TPSA) is 74.8 Å². The minimum Gasteiger partial charge on any atom is -0.378 e. The molecule has 1 unspecified atom stereocenters. The summed E-state index contributed by atoms with van der Waals surface area (Å²) in [7, 11) is 0. The normalized spacial score (nSPS) is 22.5. The summed E-state index contributed by atoms with van der Waals surface area (Å²) >= 11 is 0. The van der Waals surface area contributed by atoms with Crippen molar-refractivity contribution >= 4 is 17.5 Å². The molecule has 0 radical (unpaired) electrons. The Morgan fingerprint density at radius 1 is 1.35 bits per heavy atom. The van der Waals surface area contributed by atoms with Crippen LogP contribution < -0.4 is 10.2 Å². The average Bonchev–Trinajstić information content (AvgIpc) is 2.77. The Labute approximate surface area is 135 Å². The molecule has 0 spiro atoms. The maximum atomic E-state index is 12.8. The third-order valence-electron chi connectivity index (χ3n) is 4.32. The van der Waals surface area contributed by atoms with Gasteiger partial charge in [0.15, 0.2) is 0 Å². The van der Waals surface area contributed by atoms with E-state index in [-0.39, 0.29) is 11.8 Å². The number of rotatable bonds is 2. The Kier molecular flexibility index (Phi) is 4.76. The van der Waals surface area contributed by atoms with Crippen LogP contribution in [0.25, 0.3) is 0 Å². The van der Waals surface area contributed by atoms with Gasteiger partial charge in [-0.25, -0.2) is 0 Å². The summed E-state index contributed by atoms with van der Waals surface area (Å²) in [4.78, 5) is 32.7. The van der Waals surface area contributed by atoms with Crippen molar-refractivity contribution in [3.63, 3.8) is 0 Å². The Morgan fingerprint density at radius 3 is 2.91 bits per heavy atom. The van der Waals surface area contributed by atoms with Gasteiger partial charge in [0.25, 0.3) is 5.91 Å². The summed E-state index contributed by atoms with van der Waals surface area (Å²) in [6, 6.07) is 3.24. The SMILES string of the molecule is CC1C(=O)NCCCN1C(=O)c1cc(N2CCOCC2)ccn1. The monoisotopic (exact) mass is 318 g/mol. The van der Waals surface area contributed by atoms with Gasteiger partial charge in [0.2, 0.25) is 5.91 Å². The van der Waals surface area contributed by atoms with Gasteiger partial charge < -0.3 is 19.9 Å². The predicted octanol–water partition coefficient (Wildman–Crippen LogP) is 0.269. The maximum Gasteiger partial charge on any atom is 0.273 e. The van der Waals surface area contributed by atoms with Gasteiger partial charge in [-0.1, -0.05) is 0 Å². The first kappa shape index (κ1) is 15.7. The molecule has 1 N–H and O–H groups in total. The first-order chi connectivity index (χ1) is 11.2. The van der Waals surface area contributed by atoms with Gasteiger partial charge in [0.05, 0.1) is 13.2 Å². The van der Waals surface area contributed by atoms with Crippen molar-refractivity contribution in [2.45, 2.75) is 19.4 Å². The molecule has 124 valence electrons. The molecular formula is C16H22N4O3. The first-order valence-electron chi connectivity index (χ1n) is 8.04. The van der Waals surface area contributed by atoms with Crippen molar-refractivity contribution in [1.82, 2.24) is 15.2 Å². The van der Waals surface area contributed by atoms with E-state index in [1.54, 1.807) is 18.0 Å². The lowest BCUT2D eigenvalue weighted by atomic mass is 10.2. The van der Waals surface area contributed by atoms with Gasteiger partial charge in [0, 0.05) is 38.1 Å². The van der Waals surface area contributed by atoms with Crippen molar-refractivity contribution in [2.75, 3.05) is 44.3 Å². The number of ether oxygens (including phenoxy) is 1. The lowest BCUT2D eigenvalue weighted by Crippen LogP contribution is -2.45. The fourth-order valence-electron chi connectivity index (χ4n) is 2.92. The molecule has 3 rings (SSSR count). The highest BCUT2D eigenvalue weighted by Gasteiger charge is 2.29. The largest absolute Gasteiger partial charge is 0.378 e. The zero-order chi connectivity index (χ0) is 16.2. The first-order valence-corrected chi connectivity index (χ1v) is 8.04. The van der Waals surface area contributed by atoms with E-state index in [0.29, 0.717) is 32.0 Å². The quantitative estimate of drug-likeness (QED) is 0.847. The molecule has 7 nitrogen and oxygen atoms in total. The number of pyridine rings is 1. The van der Waals surface area contributed by atoms with Gasteiger partial charge >= 0.3 is 0 Å². The number of hydrogen-bond donors (Lipinski definition) is 1. The lowest BCUT2D eigenvalue weighted by molar-refractivity contribution is -0.124. The fraction of sp³-hybridized carbons (Fsp3) is 0.562. The molecule has 2 fully saturated rings. The van der Waals surface area contributed by atoms with E-state index in [4.69, 9.17) is 4.74 Å². The smallest absolute Gasteiger partial charge is 0.273 e. The Bertz CT molecular complexity index is 586. The highest BCUT2D eigenvalue weighted by Crippen LogP contribution is 2.18. The van der Waals surface area contributed by atoms with Crippen molar-refractivity contribution < 1.29 is 14.3 Å². The molecule has 1 aromatic rings. The number of amides is 2. The van der Waals surface area contributed by atoms with Crippen molar-refractivity contribution in [1.29, 1.82) is 0 Å². The van der Waals surface area contributed by atoms with Crippen LogP contribution in [-0.2, 0) is 9.53 Å². The highest BCUT2D eigenvalue weighted by atomic mass is 16.5. The molecular weight excluding hydrogens is 296 g/mol. The Morgan fingerprint density at radius 2 is 2.13 bits per heavy atom. The summed E-state index contributed by atoms with van der Waals surface area (Å²) in [6.45, 7) is 5.91. The van der Waals surface area contributed by atoms with Crippen LogP contribution in [0.2, 0.25) is 0 Å². The molecule has 23 heavy (non-hydrogen) atoms. The van der Waals surface area contributed by atoms with Crippen molar-refractivity contribution in [2.24, 2.45) is 0 Å². The van der Waals surface area contributed by atoms with E-state index in [0.717, 1.165) is 25.2 Å². The molecule has 2 amide bonds. The van der Waals surface area contributed by atoms with Crippen LogP contribution in [0.5, 0.6) is 0 Å². The van der Waals surface area contributed by atoms with E-state index < -0.39 is 6.04 Å². The number of hydrogen-bond acceptors (Lipinski definition) is 5. The summed E-state index contributed by atoms with van der Waals surface area (Å²) in [6.07, 6.45) is 2.41. The minimum atomic E-state index is -0.473. The van der Waals surface area contributed by atoms with Gasteiger partial charge in [-0.3, -0.25) is 14.6 Å². The second-order valence-corrected chi connectivity index (χ2v) is 5.82. The molecule has 1 atom stereocenters. The zero-order valence-corrected chi connectivity index (χ0v) is 13.3. The van der Waals surface area contributed by atoms with Crippen molar-refractivity contribution in [3.8, 4) is 0 Å². The molecule has 7 heteroatoms. The second-order valence-electron chi connectivity index (χ2n) is 5.82. The summed E-state index contributed by atoms with van der Waals surface area (Å²) < 4.78 is 5.36. The van der Waals surface area contributed by atoms with Gasteiger partial charge in [0.1, 0.15) is 11.7 Å². The van der Waals surface area contributed by atoms with E-state index in [2.05, 4.69) is 15.2 Å². The standard InChI is InChI=1S/C16H22N4O3/c1-12-15(21)18-4-2-6-20(12)16(22)14-11-13(3-5-17-14)19-7-9-23-10-8-19/h3,5,11-12H,2,4,6-10H2,1H3,(H,18,21). The van der Waals surface area contributed by atoms with E-state index in [1.807, 2.05) is 12.1 Å². The molecule has 1 aromatic heterocycles. The van der Waals surface area contributed by atoms with Crippen molar-refractivity contribution in [3.05, 3.63) is 24.0 Å². The number of nitrogens with one attached hydrogen (secondary N) is 1. The van der Waals surface area contributed by atoms with Crippen LogP contribution in [0.4, 0.5) is 5.69 Å². The third kappa shape index (κ3) is 3.44. The molecule has 0 aliphatic carbocycles. The zero-order valence-electron chi connectivity index (χ0n) is 13.3. The third-order valence-corrected chi connectivity index (χ3v) is 4.32. The maximum absolute atomic E-state index is 12.8. The van der Waals surface area contributed by atoms with Crippen LogP contribution in [-0.4, -0.2) is 67.1 Å². The number of nitrogens with zero attached hydrogens (tertiary/aromatic N) is 3. The summed E-state index contributed by atoms with van der Waals surface area (Å²) in [5.74, 6) is -0.301. The lowest BCUT2D eigenvalue weighted by Gasteiger charge is -2.29. The minimum absolute atomic E-state index is 0.111. The number of anilines is 1. The highest BCUT2D eigenvalue weighted by molar-refractivity contribution is 5.96. The number of aromatic nitrogens is 1. The van der Waals surface area contributed by atoms with E-state index >= 15 is 0 Å². The number of carbonyl (C=O) groups is 2. The van der Waals surface area contributed by atoms with Gasteiger partial charge in [-0.2, -0.15) is 0 Å². The molecule has 2 aliphatic rings. The Hall–Kier alpha value is -2.15. The molecule has 0 saturated carbocycles. The second kappa shape index (κ2) is 6.95. The average molecular weight is 318 g/mol. The predicted molar refractivity (Wildman–Crippen MR) is 85.4 cm³/mol. The number of carbonyl (C=O) groups excluding carboxylic acids is 2. The fourth-order valence-corrected chi connectivity index (χ4v) is 2.92. The van der Waals surface area contributed by atoms with E-state index in [1.165, 1.54) is 0 Å². The van der Waals surface area contributed by atoms with E-state index in [9.17, 15) is 9.59 Å².